The number of carbonyl (C=O) groups is 1. The molecule has 33 heavy (non-hydrogen) atoms. The molecule has 0 bridgehead atoms. The zero-order valence-corrected chi connectivity index (χ0v) is 23.1. The number of benzene rings is 3. The second-order valence-electron chi connectivity index (χ2n) is 6.47. The number of phenols is 2. The maximum Gasteiger partial charge on any atom is 1.00 e. The maximum atomic E-state index is 10.9. The third-order valence-electron chi connectivity index (χ3n) is 4.24. The van der Waals surface area contributed by atoms with Gasteiger partial charge in [-0.1, -0.05) is 30.3 Å². The summed E-state index contributed by atoms with van der Waals surface area (Å²) in [6, 6.07) is 12.9. The molecular formula is C22H15Br2NNaO6S+. The Kier molecular flexibility index (Phi) is 9.62. The van der Waals surface area contributed by atoms with E-state index in [1.54, 1.807) is 48.6 Å². The SMILES string of the molecule is O=C1C=CC(=Nc2cc(Br)c(O)c(Br)c2)C=C1.O=S(=O)(O)c1ccc2ccccc2c1O.[Na+]. The Bertz CT molecular complexity index is 1380. The van der Waals surface area contributed by atoms with E-state index in [1.165, 1.54) is 24.3 Å². The molecule has 0 atom stereocenters. The van der Waals surface area contributed by atoms with Crippen molar-refractivity contribution in [2.45, 2.75) is 4.90 Å². The quantitative estimate of drug-likeness (QED) is 0.235. The summed E-state index contributed by atoms with van der Waals surface area (Å²) < 4.78 is 31.7. The van der Waals surface area contributed by atoms with Gasteiger partial charge in [-0.3, -0.25) is 9.35 Å². The Morgan fingerprint density at radius 1 is 0.818 bits per heavy atom. The molecule has 3 N–H and O–H groups in total. The van der Waals surface area contributed by atoms with Crippen molar-refractivity contribution in [3.8, 4) is 11.5 Å². The predicted octanol–water partition coefficient (Wildman–Crippen LogP) is 2.48. The van der Waals surface area contributed by atoms with Crippen LogP contribution in [0.15, 0.2) is 91.7 Å². The van der Waals surface area contributed by atoms with Crippen molar-refractivity contribution in [2.75, 3.05) is 0 Å². The van der Waals surface area contributed by atoms with Crippen molar-refractivity contribution in [3.63, 3.8) is 0 Å². The van der Waals surface area contributed by atoms with E-state index in [2.05, 4.69) is 36.9 Å². The topological polar surface area (TPSA) is 124 Å². The minimum Gasteiger partial charge on any atom is -0.506 e. The molecule has 0 heterocycles. The summed E-state index contributed by atoms with van der Waals surface area (Å²) in [6.07, 6.45) is 6.22. The first-order chi connectivity index (χ1) is 15.1. The van der Waals surface area contributed by atoms with Crippen LogP contribution in [-0.2, 0) is 14.9 Å². The number of aromatic hydroxyl groups is 2. The number of allylic oxidation sites excluding steroid dienone is 4. The minimum absolute atomic E-state index is 0. The molecule has 3 aromatic carbocycles. The van der Waals surface area contributed by atoms with E-state index >= 15 is 0 Å². The van der Waals surface area contributed by atoms with E-state index in [4.69, 9.17) is 4.55 Å². The van der Waals surface area contributed by atoms with E-state index in [1.807, 2.05) is 0 Å². The molecule has 11 heteroatoms. The predicted molar refractivity (Wildman–Crippen MR) is 129 cm³/mol. The Morgan fingerprint density at radius 3 is 1.97 bits per heavy atom. The number of halogens is 2. The summed E-state index contributed by atoms with van der Waals surface area (Å²) in [5.41, 5.74) is 1.37. The van der Waals surface area contributed by atoms with Crippen molar-refractivity contribution in [3.05, 3.63) is 81.8 Å². The number of fused-ring (bicyclic) bond motifs is 1. The van der Waals surface area contributed by atoms with Gasteiger partial charge in [-0.2, -0.15) is 8.42 Å². The number of hydrogen-bond acceptors (Lipinski definition) is 6. The minimum atomic E-state index is -4.37. The zero-order valence-electron chi connectivity index (χ0n) is 17.1. The van der Waals surface area contributed by atoms with Crippen molar-refractivity contribution >= 4 is 69.9 Å². The van der Waals surface area contributed by atoms with Crippen molar-refractivity contribution in [2.24, 2.45) is 4.99 Å². The number of ketones is 1. The number of carbonyl (C=O) groups excluding carboxylic acids is 1. The number of hydrogen-bond donors (Lipinski definition) is 3. The first kappa shape index (κ1) is 27.5. The zero-order chi connectivity index (χ0) is 23.5. The van der Waals surface area contributed by atoms with Gasteiger partial charge in [0.1, 0.15) is 16.4 Å². The molecule has 3 aromatic rings. The molecular weight excluding hydrogens is 589 g/mol. The molecule has 7 nitrogen and oxygen atoms in total. The van der Waals surface area contributed by atoms with E-state index in [-0.39, 0.29) is 41.1 Å². The van der Waals surface area contributed by atoms with Gasteiger partial charge < -0.3 is 10.2 Å². The number of aliphatic imine (C=N–C) groups is 1. The Hall–Kier alpha value is -1.79. The first-order valence-corrected chi connectivity index (χ1v) is 11.9. The fourth-order valence-electron chi connectivity index (χ4n) is 2.73. The van der Waals surface area contributed by atoms with Crippen molar-refractivity contribution in [1.29, 1.82) is 0 Å². The molecule has 0 saturated carbocycles. The number of rotatable bonds is 2. The Labute approximate surface area is 228 Å². The Morgan fingerprint density at radius 2 is 1.39 bits per heavy atom. The van der Waals surface area contributed by atoms with Gasteiger partial charge >= 0.3 is 29.6 Å². The smallest absolute Gasteiger partial charge is 0.506 e. The maximum absolute atomic E-state index is 10.9. The van der Waals surface area contributed by atoms with Gasteiger partial charge in [0.2, 0.25) is 0 Å². The normalized spacial score (nSPS) is 12.7. The molecule has 0 fully saturated rings. The molecule has 0 unspecified atom stereocenters. The summed E-state index contributed by atoms with van der Waals surface area (Å²) in [6.45, 7) is 0. The van der Waals surface area contributed by atoms with Gasteiger partial charge in [0.05, 0.1) is 20.3 Å². The number of phenolic OH excluding ortho intramolecular Hbond substituents is 2. The van der Waals surface area contributed by atoms with Crippen LogP contribution in [0.2, 0.25) is 0 Å². The molecule has 1 aliphatic rings. The van der Waals surface area contributed by atoms with Crippen LogP contribution < -0.4 is 29.6 Å². The molecule has 0 radical (unpaired) electrons. The van der Waals surface area contributed by atoms with Crippen LogP contribution in [0.1, 0.15) is 0 Å². The fraction of sp³-hybridized carbons (Fsp3) is 0. The van der Waals surface area contributed by atoms with Gasteiger partial charge in [0, 0.05) is 5.39 Å². The van der Waals surface area contributed by atoms with Crippen molar-refractivity contribution < 1.29 is 57.5 Å². The molecule has 1 aliphatic carbocycles. The monoisotopic (exact) mass is 602 g/mol. The second-order valence-corrected chi connectivity index (χ2v) is 9.57. The van der Waals surface area contributed by atoms with Gasteiger partial charge in [-0.15, -0.1) is 0 Å². The number of nitrogens with zero attached hydrogens (tertiary/aromatic N) is 1. The Balaban J connectivity index is 0.000000228. The van der Waals surface area contributed by atoms with E-state index < -0.39 is 20.8 Å². The van der Waals surface area contributed by atoms with Crippen molar-refractivity contribution in [1.82, 2.24) is 0 Å². The molecule has 0 aromatic heterocycles. The summed E-state index contributed by atoms with van der Waals surface area (Å²) in [7, 11) is -4.37. The van der Waals surface area contributed by atoms with Gasteiger partial charge in [-0.25, -0.2) is 4.99 Å². The fourth-order valence-corrected chi connectivity index (χ4v) is 4.49. The van der Waals surface area contributed by atoms with Crippen LogP contribution >= 0.6 is 31.9 Å². The molecule has 4 rings (SSSR count). The summed E-state index contributed by atoms with van der Waals surface area (Å²) in [5, 5.41) is 20.3. The van der Waals surface area contributed by atoms with Crippen LogP contribution in [0, 0.1) is 0 Å². The van der Waals surface area contributed by atoms with Gasteiger partial charge in [0.25, 0.3) is 10.1 Å². The average molecular weight is 604 g/mol. The van der Waals surface area contributed by atoms with Gasteiger partial charge in [-0.05, 0) is 79.7 Å². The van der Waals surface area contributed by atoms with Crippen LogP contribution in [-0.4, -0.2) is 34.7 Å². The van der Waals surface area contributed by atoms with Crippen LogP contribution in [0.5, 0.6) is 11.5 Å². The summed E-state index contributed by atoms with van der Waals surface area (Å²) >= 11 is 6.46. The molecule has 0 spiro atoms. The molecule has 0 amide bonds. The van der Waals surface area contributed by atoms with Crippen LogP contribution in [0.4, 0.5) is 5.69 Å². The van der Waals surface area contributed by atoms with Crippen LogP contribution in [0.3, 0.4) is 0 Å². The van der Waals surface area contributed by atoms with E-state index in [9.17, 15) is 23.4 Å². The third kappa shape index (κ3) is 7.10. The van der Waals surface area contributed by atoms with Crippen LogP contribution in [0.25, 0.3) is 10.8 Å². The third-order valence-corrected chi connectivity index (χ3v) is 6.33. The summed E-state index contributed by atoms with van der Waals surface area (Å²) in [4.78, 5) is 14.8. The van der Waals surface area contributed by atoms with Gasteiger partial charge in [0.15, 0.2) is 5.78 Å². The second kappa shape index (κ2) is 11.6. The largest absolute Gasteiger partial charge is 1.00 e. The van der Waals surface area contributed by atoms with E-state index in [0.29, 0.717) is 31.1 Å². The molecule has 0 aliphatic heterocycles. The summed E-state index contributed by atoms with van der Waals surface area (Å²) in [5.74, 6) is -0.327. The molecule has 164 valence electrons. The first-order valence-electron chi connectivity index (χ1n) is 8.91. The molecule has 0 saturated heterocycles. The standard InChI is InChI=1S/C12H7Br2NO2.C10H8O4S.Na/c13-10-5-8(6-11(14)12(10)17)15-7-1-3-9(16)4-2-7;11-10-8-4-2-1-3-7(8)5-6-9(10)15(12,13)14;/h1-6,17H;1-6,11H,(H,12,13,14);/q;;+1. The average Bonchev–Trinajstić information content (AvgIpc) is 2.74. The van der Waals surface area contributed by atoms with E-state index in [0.717, 1.165) is 0 Å².